The fraction of sp³-hybridized carbons (Fsp3) is 0.222. The monoisotopic (exact) mass is 202 g/mol. The van der Waals surface area contributed by atoms with Gasteiger partial charge in [-0.3, -0.25) is 0 Å². The van der Waals surface area contributed by atoms with E-state index in [1.807, 2.05) is 0 Å². The van der Waals surface area contributed by atoms with Crippen LogP contribution in [0.4, 0.5) is 8.78 Å². The molecule has 0 bridgehead atoms. The van der Waals surface area contributed by atoms with Crippen LogP contribution in [0.2, 0.25) is 0 Å². The Bertz CT molecular complexity index is 377. The smallest absolute Gasteiger partial charge is 0.337 e. The van der Waals surface area contributed by atoms with Crippen LogP contribution in [-0.2, 0) is 4.79 Å². The van der Waals surface area contributed by atoms with E-state index in [4.69, 9.17) is 10.2 Å². The average molecular weight is 202 g/mol. The number of aliphatic hydroxyl groups excluding tert-OH is 1. The largest absolute Gasteiger partial charge is 0.479 e. The number of aliphatic carboxylic acids is 1. The standard InChI is InChI=1S/C9H8F2O3/c1-4-6(8(12)9(13)14)2-5(10)3-7(4)11/h2-3,8,12H,1H3,(H,13,14). The molecule has 1 aromatic carbocycles. The van der Waals surface area contributed by atoms with Crippen molar-refractivity contribution in [3.05, 3.63) is 34.9 Å². The van der Waals surface area contributed by atoms with Crippen LogP contribution in [0.5, 0.6) is 0 Å². The highest BCUT2D eigenvalue weighted by Gasteiger charge is 2.20. The van der Waals surface area contributed by atoms with E-state index in [2.05, 4.69) is 0 Å². The lowest BCUT2D eigenvalue weighted by molar-refractivity contribution is -0.147. The van der Waals surface area contributed by atoms with Gasteiger partial charge in [0.1, 0.15) is 11.6 Å². The van der Waals surface area contributed by atoms with E-state index >= 15 is 0 Å². The van der Waals surface area contributed by atoms with Crippen LogP contribution in [0.1, 0.15) is 17.2 Å². The molecular formula is C9H8F2O3. The molecule has 0 spiro atoms. The molecule has 2 N–H and O–H groups in total. The molecule has 0 aromatic heterocycles. The molecule has 5 heteroatoms. The van der Waals surface area contributed by atoms with Gasteiger partial charge in [0, 0.05) is 11.6 Å². The molecule has 0 fully saturated rings. The van der Waals surface area contributed by atoms with E-state index in [1.165, 1.54) is 6.92 Å². The summed E-state index contributed by atoms with van der Waals surface area (Å²) in [4.78, 5) is 10.4. The van der Waals surface area contributed by atoms with Crippen molar-refractivity contribution in [3.8, 4) is 0 Å². The Morgan fingerprint density at radius 1 is 1.43 bits per heavy atom. The predicted octanol–water partition coefficient (Wildman–Crippen LogP) is 1.39. The molecule has 0 aliphatic carbocycles. The minimum atomic E-state index is -1.90. The fourth-order valence-corrected chi connectivity index (χ4v) is 1.08. The average Bonchev–Trinajstić information content (AvgIpc) is 2.09. The first kappa shape index (κ1) is 10.6. The number of carboxylic acid groups (broad SMARTS) is 1. The summed E-state index contributed by atoms with van der Waals surface area (Å²) in [6.07, 6.45) is -1.90. The number of carboxylic acids is 1. The molecule has 0 heterocycles. The van der Waals surface area contributed by atoms with Crippen LogP contribution in [0.15, 0.2) is 12.1 Å². The van der Waals surface area contributed by atoms with Crippen molar-refractivity contribution < 1.29 is 23.8 Å². The molecule has 0 aliphatic heterocycles. The number of benzene rings is 1. The molecule has 14 heavy (non-hydrogen) atoms. The number of hydrogen-bond acceptors (Lipinski definition) is 2. The van der Waals surface area contributed by atoms with Crippen molar-refractivity contribution in [1.29, 1.82) is 0 Å². The Kier molecular flexibility index (Phi) is 2.81. The van der Waals surface area contributed by atoms with Crippen LogP contribution < -0.4 is 0 Å². The van der Waals surface area contributed by atoms with Gasteiger partial charge >= 0.3 is 5.97 Å². The quantitative estimate of drug-likeness (QED) is 0.761. The van der Waals surface area contributed by atoms with E-state index < -0.39 is 23.7 Å². The van der Waals surface area contributed by atoms with Gasteiger partial charge in [-0.25, -0.2) is 13.6 Å². The van der Waals surface area contributed by atoms with E-state index in [0.717, 1.165) is 6.07 Å². The Morgan fingerprint density at radius 2 is 2.00 bits per heavy atom. The molecule has 1 rings (SSSR count). The van der Waals surface area contributed by atoms with Crippen molar-refractivity contribution in [2.75, 3.05) is 0 Å². The summed E-state index contributed by atoms with van der Waals surface area (Å²) in [6.45, 7) is 1.27. The first-order valence-electron chi connectivity index (χ1n) is 3.80. The fourth-order valence-electron chi connectivity index (χ4n) is 1.08. The molecule has 1 atom stereocenters. The molecule has 0 aliphatic rings. The Hall–Kier alpha value is -1.49. The second-order valence-electron chi connectivity index (χ2n) is 2.84. The molecular weight excluding hydrogens is 194 g/mol. The highest BCUT2D eigenvalue weighted by Crippen LogP contribution is 2.21. The van der Waals surface area contributed by atoms with E-state index in [9.17, 15) is 13.6 Å². The maximum atomic E-state index is 12.9. The van der Waals surface area contributed by atoms with Gasteiger partial charge in [0.15, 0.2) is 6.10 Å². The first-order chi connectivity index (χ1) is 6.43. The van der Waals surface area contributed by atoms with Crippen LogP contribution in [0.3, 0.4) is 0 Å². The molecule has 1 aromatic rings. The summed E-state index contributed by atoms with van der Waals surface area (Å²) >= 11 is 0. The lowest BCUT2D eigenvalue weighted by Gasteiger charge is -2.09. The molecule has 1 unspecified atom stereocenters. The van der Waals surface area contributed by atoms with Crippen molar-refractivity contribution in [2.24, 2.45) is 0 Å². The Labute approximate surface area is 78.6 Å². The van der Waals surface area contributed by atoms with E-state index in [1.54, 1.807) is 0 Å². The van der Waals surface area contributed by atoms with E-state index in [-0.39, 0.29) is 11.1 Å². The zero-order chi connectivity index (χ0) is 10.9. The lowest BCUT2D eigenvalue weighted by Crippen LogP contribution is -2.13. The Morgan fingerprint density at radius 3 is 2.50 bits per heavy atom. The van der Waals surface area contributed by atoms with Gasteiger partial charge in [-0.1, -0.05) is 0 Å². The minimum Gasteiger partial charge on any atom is -0.479 e. The van der Waals surface area contributed by atoms with Crippen molar-refractivity contribution in [3.63, 3.8) is 0 Å². The molecule has 0 saturated heterocycles. The van der Waals surface area contributed by atoms with Gasteiger partial charge in [0.25, 0.3) is 0 Å². The third kappa shape index (κ3) is 1.88. The number of aliphatic hydroxyl groups is 1. The van der Waals surface area contributed by atoms with Crippen LogP contribution in [0.25, 0.3) is 0 Å². The topological polar surface area (TPSA) is 57.5 Å². The molecule has 0 radical (unpaired) electrons. The van der Waals surface area contributed by atoms with Crippen molar-refractivity contribution >= 4 is 5.97 Å². The Balaban J connectivity index is 3.26. The third-order valence-electron chi connectivity index (χ3n) is 1.88. The summed E-state index contributed by atoms with van der Waals surface area (Å²) in [5, 5.41) is 17.5. The summed E-state index contributed by atoms with van der Waals surface area (Å²) in [5.74, 6) is -3.33. The molecule has 3 nitrogen and oxygen atoms in total. The maximum Gasteiger partial charge on any atom is 0.337 e. The normalized spacial score (nSPS) is 12.6. The van der Waals surface area contributed by atoms with Gasteiger partial charge < -0.3 is 10.2 Å². The highest BCUT2D eigenvalue weighted by atomic mass is 19.1. The first-order valence-corrected chi connectivity index (χ1v) is 3.80. The van der Waals surface area contributed by atoms with Crippen molar-refractivity contribution in [1.82, 2.24) is 0 Å². The number of halogens is 2. The van der Waals surface area contributed by atoms with Gasteiger partial charge in [0.05, 0.1) is 0 Å². The maximum absolute atomic E-state index is 12.9. The SMILES string of the molecule is Cc1c(F)cc(F)cc1C(O)C(=O)O. The van der Waals surface area contributed by atoms with Crippen LogP contribution in [-0.4, -0.2) is 16.2 Å². The zero-order valence-electron chi connectivity index (χ0n) is 7.29. The van der Waals surface area contributed by atoms with Crippen LogP contribution >= 0.6 is 0 Å². The number of rotatable bonds is 2. The lowest BCUT2D eigenvalue weighted by atomic mass is 10.0. The van der Waals surface area contributed by atoms with Gasteiger partial charge in [-0.05, 0) is 18.6 Å². The number of hydrogen-bond donors (Lipinski definition) is 2. The summed E-state index contributed by atoms with van der Waals surface area (Å²) in [5.41, 5.74) is -0.337. The van der Waals surface area contributed by atoms with Crippen LogP contribution in [0, 0.1) is 18.6 Å². The van der Waals surface area contributed by atoms with E-state index in [0.29, 0.717) is 6.07 Å². The second kappa shape index (κ2) is 3.71. The summed E-state index contributed by atoms with van der Waals surface area (Å²) in [7, 11) is 0. The van der Waals surface area contributed by atoms with Gasteiger partial charge in [0.2, 0.25) is 0 Å². The van der Waals surface area contributed by atoms with Gasteiger partial charge in [-0.15, -0.1) is 0 Å². The summed E-state index contributed by atoms with van der Waals surface area (Å²) in [6, 6.07) is 1.44. The second-order valence-corrected chi connectivity index (χ2v) is 2.84. The molecule has 0 amide bonds. The minimum absolute atomic E-state index is 0.0682. The molecule has 76 valence electrons. The van der Waals surface area contributed by atoms with Crippen molar-refractivity contribution in [2.45, 2.75) is 13.0 Å². The zero-order valence-corrected chi connectivity index (χ0v) is 7.29. The van der Waals surface area contributed by atoms with Gasteiger partial charge in [-0.2, -0.15) is 0 Å². The number of carbonyl (C=O) groups is 1. The molecule has 0 saturated carbocycles. The predicted molar refractivity (Wildman–Crippen MR) is 43.7 cm³/mol. The highest BCUT2D eigenvalue weighted by molar-refractivity contribution is 5.74. The summed E-state index contributed by atoms with van der Waals surface area (Å²) < 4.78 is 25.6. The third-order valence-corrected chi connectivity index (χ3v) is 1.88.